The first-order valence-corrected chi connectivity index (χ1v) is 4.56. The van der Waals surface area contributed by atoms with Crippen LogP contribution in [0.15, 0.2) is 6.07 Å². The smallest absolute Gasteiger partial charge is 0.249 e. The van der Waals surface area contributed by atoms with Crippen molar-refractivity contribution < 1.29 is 22.0 Å². The molecule has 1 rings (SSSR count). The Balaban J connectivity index is 3.42. The fourth-order valence-corrected chi connectivity index (χ4v) is 1.38. The number of alkyl halides is 5. The van der Waals surface area contributed by atoms with E-state index in [0.717, 1.165) is 0 Å². The molecule has 1 aromatic rings. The molecule has 0 fully saturated rings. The lowest BCUT2D eigenvalue weighted by molar-refractivity contribution is -0.138. The van der Waals surface area contributed by atoms with E-state index in [-0.39, 0.29) is 0 Å². The second kappa shape index (κ2) is 4.84. The van der Waals surface area contributed by atoms with Gasteiger partial charge in [-0.25, -0.2) is 13.8 Å². The van der Waals surface area contributed by atoms with Crippen molar-refractivity contribution in [1.82, 2.24) is 4.98 Å². The van der Waals surface area contributed by atoms with Crippen LogP contribution in [0.2, 0.25) is 5.02 Å². The van der Waals surface area contributed by atoms with E-state index in [1.54, 1.807) is 0 Å². The number of rotatable bonds is 2. The number of aromatic nitrogens is 1. The maximum Gasteiger partial charge on any atom is 0.418 e. The number of hydrogen-bond acceptors (Lipinski definition) is 2. The highest BCUT2D eigenvalue weighted by Gasteiger charge is 2.35. The Morgan fingerprint density at radius 2 is 2.00 bits per heavy atom. The van der Waals surface area contributed by atoms with Crippen molar-refractivity contribution in [2.45, 2.75) is 19.0 Å². The highest BCUT2D eigenvalue weighted by Crippen LogP contribution is 2.36. The van der Waals surface area contributed by atoms with E-state index in [9.17, 15) is 22.0 Å². The third-order valence-electron chi connectivity index (χ3n) is 1.84. The van der Waals surface area contributed by atoms with E-state index in [4.69, 9.17) is 16.9 Å². The number of hydrogen-bond donors (Lipinski definition) is 0. The standard InChI is InChI=1S/C9H4ClF5N2/c10-5-3-4(9(13,14)15)6(1-2-16)17-7(5)8(11)12/h3,8H,1H2. The molecule has 0 amide bonds. The molecule has 0 bridgehead atoms. The van der Waals surface area contributed by atoms with Gasteiger partial charge in [-0.2, -0.15) is 18.4 Å². The zero-order valence-corrected chi connectivity index (χ0v) is 8.78. The molecule has 0 N–H and O–H groups in total. The zero-order valence-electron chi connectivity index (χ0n) is 8.02. The topological polar surface area (TPSA) is 36.7 Å². The van der Waals surface area contributed by atoms with E-state index in [0.29, 0.717) is 6.07 Å². The Hall–Kier alpha value is -1.42. The van der Waals surface area contributed by atoms with Crippen molar-refractivity contribution in [1.29, 1.82) is 5.26 Å². The molecule has 0 radical (unpaired) electrons. The Morgan fingerprint density at radius 1 is 1.41 bits per heavy atom. The van der Waals surface area contributed by atoms with Gasteiger partial charge >= 0.3 is 6.18 Å². The third kappa shape index (κ3) is 3.03. The van der Waals surface area contributed by atoms with E-state index >= 15 is 0 Å². The summed E-state index contributed by atoms with van der Waals surface area (Å²) in [6.07, 6.45) is -8.60. The van der Waals surface area contributed by atoms with Gasteiger partial charge in [-0.05, 0) is 6.07 Å². The summed E-state index contributed by atoms with van der Waals surface area (Å²) in [5.41, 5.74) is -2.97. The van der Waals surface area contributed by atoms with Crippen LogP contribution in [0.25, 0.3) is 0 Å². The second-order valence-corrected chi connectivity index (χ2v) is 3.39. The first-order valence-electron chi connectivity index (χ1n) is 4.19. The number of nitriles is 1. The summed E-state index contributed by atoms with van der Waals surface area (Å²) in [5.74, 6) is 0. The van der Waals surface area contributed by atoms with Crippen LogP contribution < -0.4 is 0 Å². The normalized spacial score (nSPS) is 11.6. The van der Waals surface area contributed by atoms with Crippen LogP contribution in [0.4, 0.5) is 22.0 Å². The third-order valence-corrected chi connectivity index (χ3v) is 2.14. The highest BCUT2D eigenvalue weighted by atomic mass is 35.5. The minimum Gasteiger partial charge on any atom is -0.249 e. The fourth-order valence-electron chi connectivity index (χ4n) is 1.15. The van der Waals surface area contributed by atoms with Crippen molar-refractivity contribution in [2.24, 2.45) is 0 Å². The average Bonchev–Trinajstić information content (AvgIpc) is 2.18. The maximum absolute atomic E-state index is 12.5. The van der Waals surface area contributed by atoms with Gasteiger partial charge in [0.25, 0.3) is 6.43 Å². The van der Waals surface area contributed by atoms with Crippen molar-refractivity contribution in [3.05, 3.63) is 28.0 Å². The lowest BCUT2D eigenvalue weighted by Gasteiger charge is -2.13. The molecule has 0 saturated heterocycles. The highest BCUT2D eigenvalue weighted by molar-refractivity contribution is 6.31. The van der Waals surface area contributed by atoms with E-state index in [1.807, 2.05) is 0 Å². The van der Waals surface area contributed by atoms with Crippen LogP contribution in [0.5, 0.6) is 0 Å². The molecule has 1 heterocycles. The van der Waals surface area contributed by atoms with E-state index in [2.05, 4.69) is 4.98 Å². The van der Waals surface area contributed by atoms with Crippen LogP contribution >= 0.6 is 11.6 Å². The molecule has 0 aliphatic heterocycles. The van der Waals surface area contributed by atoms with E-state index in [1.165, 1.54) is 6.07 Å². The van der Waals surface area contributed by atoms with Gasteiger partial charge in [-0.15, -0.1) is 0 Å². The zero-order chi connectivity index (χ0) is 13.2. The summed E-state index contributed by atoms with van der Waals surface area (Å²) in [6, 6.07) is 1.80. The van der Waals surface area contributed by atoms with Gasteiger partial charge < -0.3 is 0 Å². The minimum atomic E-state index is -4.79. The van der Waals surface area contributed by atoms with Gasteiger partial charge in [0, 0.05) is 0 Å². The predicted molar refractivity (Wildman–Crippen MR) is 48.5 cm³/mol. The average molecular weight is 271 g/mol. The summed E-state index contributed by atoms with van der Waals surface area (Å²) in [7, 11) is 0. The fraction of sp³-hybridized carbons (Fsp3) is 0.333. The quantitative estimate of drug-likeness (QED) is 0.767. The lowest BCUT2D eigenvalue weighted by atomic mass is 10.1. The number of pyridine rings is 1. The molecule has 0 aliphatic rings. The summed E-state index contributed by atoms with van der Waals surface area (Å²) in [4.78, 5) is 3.10. The van der Waals surface area contributed by atoms with Gasteiger partial charge in [0.05, 0.1) is 28.8 Å². The van der Waals surface area contributed by atoms with Crippen molar-refractivity contribution in [3.63, 3.8) is 0 Å². The summed E-state index contributed by atoms with van der Waals surface area (Å²) in [5, 5.41) is 7.56. The van der Waals surface area contributed by atoms with Gasteiger partial charge in [0.2, 0.25) is 0 Å². The van der Waals surface area contributed by atoms with E-state index < -0.39 is 41.0 Å². The maximum atomic E-state index is 12.5. The van der Waals surface area contributed by atoms with Crippen molar-refractivity contribution in [3.8, 4) is 6.07 Å². The SMILES string of the molecule is N#CCc1nc(C(F)F)c(Cl)cc1C(F)(F)F. The Bertz CT molecular complexity index is 464. The first kappa shape index (κ1) is 13.6. The van der Waals surface area contributed by atoms with Crippen LogP contribution in [-0.4, -0.2) is 4.98 Å². The molecular formula is C9H4ClF5N2. The second-order valence-electron chi connectivity index (χ2n) is 2.98. The Morgan fingerprint density at radius 3 is 2.41 bits per heavy atom. The molecule has 0 unspecified atom stereocenters. The number of nitrogens with zero attached hydrogens (tertiary/aromatic N) is 2. The first-order chi connectivity index (χ1) is 7.77. The van der Waals surface area contributed by atoms with Gasteiger partial charge in [0.15, 0.2) is 0 Å². The largest absolute Gasteiger partial charge is 0.418 e. The summed E-state index contributed by atoms with van der Waals surface area (Å²) < 4.78 is 62.2. The molecule has 92 valence electrons. The lowest BCUT2D eigenvalue weighted by Crippen LogP contribution is -2.12. The molecule has 2 nitrogen and oxygen atoms in total. The molecular weight excluding hydrogens is 267 g/mol. The predicted octanol–water partition coefficient (Wildman–Crippen LogP) is 3.76. The number of halogens is 6. The molecule has 0 saturated carbocycles. The van der Waals surface area contributed by atoms with Gasteiger partial charge in [0.1, 0.15) is 5.69 Å². The summed E-state index contributed by atoms with van der Waals surface area (Å²) >= 11 is 5.28. The minimum absolute atomic E-state index is 0.364. The molecule has 17 heavy (non-hydrogen) atoms. The van der Waals surface area contributed by atoms with Crippen molar-refractivity contribution >= 4 is 11.6 Å². The molecule has 0 aliphatic carbocycles. The van der Waals surface area contributed by atoms with Crippen LogP contribution in [0.3, 0.4) is 0 Å². The van der Waals surface area contributed by atoms with Crippen LogP contribution in [-0.2, 0) is 12.6 Å². The van der Waals surface area contributed by atoms with Crippen LogP contribution in [0.1, 0.15) is 23.4 Å². The van der Waals surface area contributed by atoms with Crippen molar-refractivity contribution in [2.75, 3.05) is 0 Å². The Labute approximate surface area is 97.6 Å². The van der Waals surface area contributed by atoms with Gasteiger partial charge in [-0.1, -0.05) is 11.6 Å². The molecule has 1 aromatic heterocycles. The molecule has 0 aromatic carbocycles. The van der Waals surface area contributed by atoms with Gasteiger partial charge in [-0.3, -0.25) is 0 Å². The molecule has 8 heteroatoms. The molecule has 0 spiro atoms. The summed E-state index contributed by atoms with van der Waals surface area (Å²) in [6.45, 7) is 0. The monoisotopic (exact) mass is 270 g/mol. The Kier molecular flexibility index (Phi) is 3.88. The van der Waals surface area contributed by atoms with Crippen LogP contribution in [0, 0.1) is 11.3 Å². The molecule has 0 atom stereocenters.